The lowest BCUT2D eigenvalue weighted by Crippen LogP contribution is -2.44. The zero-order valence-corrected chi connectivity index (χ0v) is 15.1. The Hall–Kier alpha value is -2.90. The highest BCUT2D eigenvalue weighted by Gasteiger charge is 2.17. The van der Waals surface area contributed by atoms with Crippen LogP contribution in [0, 0.1) is 0 Å². The third kappa shape index (κ3) is 4.81. The fourth-order valence-corrected chi connectivity index (χ4v) is 2.84. The van der Waals surface area contributed by atoms with Gasteiger partial charge in [-0.2, -0.15) is 5.10 Å². The van der Waals surface area contributed by atoms with Crippen molar-refractivity contribution in [1.82, 2.24) is 30.3 Å². The highest BCUT2D eigenvalue weighted by Crippen LogP contribution is 2.08. The van der Waals surface area contributed by atoms with Crippen molar-refractivity contribution >= 4 is 11.9 Å². The lowest BCUT2D eigenvalue weighted by molar-refractivity contribution is -0.128. The van der Waals surface area contributed by atoms with E-state index in [0.717, 1.165) is 43.9 Å². The summed E-state index contributed by atoms with van der Waals surface area (Å²) in [5, 5.41) is 10.5. The number of hydrogen-bond donors (Lipinski definition) is 2. The third-order valence-corrected chi connectivity index (χ3v) is 4.18. The van der Waals surface area contributed by atoms with Crippen LogP contribution in [0.3, 0.4) is 0 Å². The summed E-state index contributed by atoms with van der Waals surface area (Å²) in [6.07, 6.45) is 7.52. The monoisotopic (exact) mass is 355 g/mol. The zero-order chi connectivity index (χ0) is 18.2. The minimum atomic E-state index is 0.123. The molecule has 26 heavy (non-hydrogen) atoms. The van der Waals surface area contributed by atoms with Gasteiger partial charge in [0.1, 0.15) is 0 Å². The maximum atomic E-state index is 12.2. The molecule has 0 aromatic carbocycles. The lowest BCUT2D eigenvalue weighted by atomic mass is 10.2. The van der Waals surface area contributed by atoms with Crippen LogP contribution in [0.15, 0.2) is 41.8 Å². The molecule has 2 aromatic rings. The third-order valence-electron chi connectivity index (χ3n) is 4.18. The molecule has 0 spiro atoms. The van der Waals surface area contributed by atoms with Gasteiger partial charge in [-0.15, -0.1) is 0 Å². The summed E-state index contributed by atoms with van der Waals surface area (Å²) >= 11 is 0. The Morgan fingerprint density at radius 1 is 1.27 bits per heavy atom. The van der Waals surface area contributed by atoms with Crippen LogP contribution in [-0.2, 0) is 11.3 Å². The van der Waals surface area contributed by atoms with E-state index in [4.69, 9.17) is 0 Å². The molecular formula is C18H25N7O. The van der Waals surface area contributed by atoms with Crippen molar-refractivity contribution < 1.29 is 4.79 Å². The Labute approximate surface area is 153 Å². The van der Waals surface area contributed by atoms with E-state index in [2.05, 4.69) is 25.7 Å². The van der Waals surface area contributed by atoms with Gasteiger partial charge in [0.15, 0.2) is 11.8 Å². The molecule has 8 nitrogen and oxygen atoms in total. The van der Waals surface area contributed by atoms with Crippen LogP contribution in [0.1, 0.15) is 25.3 Å². The Bertz CT molecular complexity index is 736. The fraction of sp³-hybridized carbons (Fsp3) is 0.444. The van der Waals surface area contributed by atoms with Gasteiger partial charge in [-0.3, -0.25) is 4.79 Å². The first kappa shape index (κ1) is 17.9. The number of likely N-dealkylation sites (tertiary alicyclic amines) is 1. The number of nitrogens with zero attached hydrogens (tertiary/aromatic N) is 5. The fourth-order valence-electron chi connectivity index (χ4n) is 2.84. The number of guanidine groups is 1. The van der Waals surface area contributed by atoms with Crippen molar-refractivity contribution in [2.75, 3.05) is 26.2 Å². The summed E-state index contributed by atoms with van der Waals surface area (Å²) in [4.78, 5) is 23.0. The average Bonchev–Trinajstić information content (AvgIpc) is 3.38. The van der Waals surface area contributed by atoms with Crippen LogP contribution < -0.4 is 10.6 Å². The lowest BCUT2D eigenvalue weighted by Gasteiger charge is -2.17. The molecule has 0 unspecified atom stereocenters. The summed E-state index contributed by atoms with van der Waals surface area (Å²) in [6, 6.07) is 5.74. The molecule has 1 fully saturated rings. The molecule has 0 radical (unpaired) electrons. The molecule has 0 aliphatic carbocycles. The number of aromatic nitrogens is 3. The van der Waals surface area contributed by atoms with Gasteiger partial charge >= 0.3 is 0 Å². The van der Waals surface area contributed by atoms with E-state index >= 15 is 0 Å². The second-order valence-corrected chi connectivity index (χ2v) is 6.11. The van der Waals surface area contributed by atoms with Crippen LogP contribution in [0.25, 0.3) is 5.82 Å². The van der Waals surface area contributed by atoms with Gasteiger partial charge in [-0.05, 0) is 43.5 Å². The molecule has 1 aliphatic rings. The molecule has 0 saturated carbocycles. The first-order valence-electron chi connectivity index (χ1n) is 9.01. The van der Waals surface area contributed by atoms with Crippen molar-refractivity contribution in [2.24, 2.45) is 4.99 Å². The molecule has 0 bridgehead atoms. The van der Waals surface area contributed by atoms with Crippen molar-refractivity contribution in [1.29, 1.82) is 0 Å². The molecule has 0 atom stereocenters. The summed E-state index contributed by atoms with van der Waals surface area (Å²) < 4.78 is 1.71. The Morgan fingerprint density at radius 2 is 2.12 bits per heavy atom. The Morgan fingerprint density at radius 3 is 2.85 bits per heavy atom. The minimum absolute atomic E-state index is 0.123. The predicted octanol–water partition coefficient (Wildman–Crippen LogP) is 0.945. The Balaban J connectivity index is 1.60. The van der Waals surface area contributed by atoms with E-state index < -0.39 is 0 Å². The largest absolute Gasteiger partial charge is 0.357 e. The van der Waals surface area contributed by atoms with Crippen LogP contribution in [0.5, 0.6) is 0 Å². The van der Waals surface area contributed by atoms with E-state index in [0.29, 0.717) is 12.5 Å². The van der Waals surface area contributed by atoms with E-state index in [1.54, 1.807) is 17.1 Å². The highest BCUT2D eigenvalue weighted by molar-refractivity contribution is 5.86. The van der Waals surface area contributed by atoms with Gasteiger partial charge in [0.2, 0.25) is 5.91 Å². The molecule has 1 amide bonds. The van der Waals surface area contributed by atoms with Gasteiger partial charge in [-0.1, -0.05) is 0 Å². The minimum Gasteiger partial charge on any atom is -0.357 e. The van der Waals surface area contributed by atoms with E-state index in [1.165, 1.54) is 0 Å². The number of aliphatic imine (C=N–C) groups is 1. The van der Waals surface area contributed by atoms with Gasteiger partial charge in [0.25, 0.3) is 0 Å². The molecule has 2 N–H and O–H groups in total. The van der Waals surface area contributed by atoms with Gasteiger partial charge in [0.05, 0.1) is 13.1 Å². The van der Waals surface area contributed by atoms with E-state index in [-0.39, 0.29) is 12.5 Å². The topological polar surface area (TPSA) is 87.4 Å². The van der Waals surface area contributed by atoms with Crippen LogP contribution in [0.2, 0.25) is 0 Å². The second kappa shape index (κ2) is 8.98. The highest BCUT2D eigenvalue weighted by atomic mass is 16.2. The van der Waals surface area contributed by atoms with Crippen molar-refractivity contribution in [3.63, 3.8) is 0 Å². The Kier molecular flexibility index (Phi) is 6.19. The zero-order valence-electron chi connectivity index (χ0n) is 15.1. The average molecular weight is 355 g/mol. The van der Waals surface area contributed by atoms with Crippen molar-refractivity contribution in [3.8, 4) is 5.82 Å². The van der Waals surface area contributed by atoms with E-state index in [1.807, 2.05) is 36.2 Å². The summed E-state index contributed by atoms with van der Waals surface area (Å²) in [5.41, 5.74) is 1.02. The van der Waals surface area contributed by atoms with Crippen molar-refractivity contribution in [3.05, 3.63) is 42.4 Å². The predicted molar refractivity (Wildman–Crippen MR) is 100.0 cm³/mol. The molecule has 8 heteroatoms. The first-order valence-corrected chi connectivity index (χ1v) is 9.01. The molecule has 2 aromatic heterocycles. The molecule has 3 heterocycles. The molecule has 138 valence electrons. The smallest absolute Gasteiger partial charge is 0.241 e. The van der Waals surface area contributed by atoms with Crippen LogP contribution in [0.4, 0.5) is 0 Å². The number of amides is 1. The maximum absolute atomic E-state index is 12.2. The molecule has 1 saturated heterocycles. The summed E-state index contributed by atoms with van der Waals surface area (Å²) in [7, 11) is 0. The van der Waals surface area contributed by atoms with Gasteiger partial charge < -0.3 is 15.5 Å². The maximum Gasteiger partial charge on any atom is 0.241 e. The first-order chi connectivity index (χ1) is 12.8. The number of hydrogen-bond acceptors (Lipinski definition) is 4. The SMILES string of the molecule is CCNC(=NCc1ccnc(-n2cccn2)c1)NCC(=O)N1CCCC1. The van der Waals surface area contributed by atoms with Gasteiger partial charge in [0, 0.05) is 38.2 Å². The van der Waals surface area contributed by atoms with Crippen molar-refractivity contribution in [2.45, 2.75) is 26.3 Å². The molecular weight excluding hydrogens is 330 g/mol. The van der Waals surface area contributed by atoms with Crippen LogP contribution in [-0.4, -0.2) is 57.7 Å². The van der Waals surface area contributed by atoms with Crippen LogP contribution >= 0.6 is 0 Å². The second-order valence-electron chi connectivity index (χ2n) is 6.11. The quantitative estimate of drug-likeness (QED) is 0.595. The molecule has 1 aliphatic heterocycles. The number of rotatable bonds is 6. The standard InChI is InChI=1S/C18H25N7O/c1-2-19-18(22-14-17(26)24-9-3-4-10-24)21-13-15-6-8-20-16(12-15)25-11-5-7-23-25/h5-8,11-12H,2-4,9-10,13-14H2,1H3,(H2,19,21,22). The number of carbonyl (C=O) groups is 1. The summed E-state index contributed by atoms with van der Waals surface area (Å²) in [5.74, 6) is 1.51. The number of nitrogens with one attached hydrogen (secondary N) is 2. The number of pyridine rings is 1. The molecule has 3 rings (SSSR count). The normalized spacial score (nSPS) is 14.5. The van der Waals surface area contributed by atoms with E-state index in [9.17, 15) is 4.79 Å². The number of carbonyl (C=O) groups excluding carboxylic acids is 1. The summed E-state index contributed by atoms with van der Waals surface area (Å²) in [6.45, 7) is 5.22. The van der Waals surface area contributed by atoms with Gasteiger partial charge in [-0.25, -0.2) is 14.7 Å².